The zero-order chi connectivity index (χ0) is 15.2. The summed E-state index contributed by atoms with van der Waals surface area (Å²) < 4.78 is 4.75. The van der Waals surface area contributed by atoms with E-state index in [-0.39, 0.29) is 0 Å². The van der Waals surface area contributed by atoms with E-state index in [1.165, 1.54) is 26.4 Å². The number of carbonyl (C=O) groups is 1. The highest BCUT2D eigenvalue weighted by Gasteiger charge is 2.29. The number of anilines is 1. The van der Waals surface area contributed by atoms with Gasteiger partial charge < -0.3 is 15.4 Å². The fourth-order valence-electron chi connectivity index (χ4n) is 3.30. The SMILES string of the molecule is CCN(c1ccnc(C(=O)OC)c1)C1CCCCC1CN. The molecule has 2 N–H and O–H groups in total. The van der Waals surface area contributed by atoms with Crippen molar-refractivity contribution >= 4 is 11.7 Å². The molecule has 0 aliphatic heterocycles. The zero-order valence-electron chi connectivity index (χ0n) is 12.9. The predicted octanol–water partition coefficient (Wildman–Crippen LogP) is 2.21. The maximum absolute atomic E-state index is 11.7. The molecule has 0 spiro atoms. The fourth-order valence-corrected chi connectivity index (χ4v) is 3.30. The number of aromatic nitrogens is 1. The van der Waals surface area contributed by atoms with Gasteiger partial charge in [-0.05, 0) is 44.4 Å². The summed E-state index contributed by atoms with van der Waals surface area (Å²) in [7, 11) is 1.37. The Morgan fingerprint density at radius 1 is 1.48 bits per heavy atom. The summed E-state index contributed by atoms with van der Waals surface area (Å²) in [4.78, 5) is 18.1. The Labute approximate surface area is 126 Å². The van der Waals surface area contributed by atoms with Crippen LogP contribution in [-0.2, 0) is 4.74 Å². The number of hydrogen-bond acceptors (Lipinski definition) is 5. The summed E-state index contributed by atoms with van der Waals surface area (Å²) in [6.45, 7) is 3.75. The van der Waals surface area contributed by atoms with Crippen molar-refractivity contribution in [1.29, 1.82) is 0 Å². The number of ether oxygens (including phenoxy) is 1. The van der Waals surface area contributed by atoms with Crippen molar-refractivity contribution in [2.75, 3.05) is 25.1 Å². The maximum atomic E-state index is 11.7. The van der Waals surface area contributed by atoms with Crippen molar-refractivity contribution in [3.63, 3.8) is 0 Å². The lowest BCUT2D eigenvalue weighted by Gasteiger charge is -2.40. The van der Waals surface area contributed by atoms with Crippen LogP contribution in [0, 0.1) is 5.92 Å². The first kappa shape index (κ1) is 15.8. The van der Waals surface area contributed by atoms with E-state index in [1.807, 2.05) is 12.1 Å². The molecule has 0 aromatic carbocycles. The molecule has 116 valence electrons. The van der Waals surface area contributed by atoms with Gasteiger partial charge in [-0.15, -0.1) is 0 Å². The molecule has 1 saturated carbocycles. The molecule has 0 saturated heterocycles. The van der Waals surface area contributed by atoms with Crippen LogP contribution < -0.4 is 10.6 Å². The number of nitrogens with two attached hydrogens (primary N) is 1. The lowest BCUT2D eigenvalue weighted by atomic mass is 9.83. The maximum Gasteiger partial charge on any atom is 0.356 e. The summed E-state index contributed by atoms with van der Waals surface area (Å²) in [5.74, 6) is 0.125. The second-order valence-corrected chi connectivity index (χ2v) is 5.52. The van der Waals surface area contributed by atoms with Crippen LogP contribution >= 0.6 is 0 Å². The number of esters is 1. The van der Waals surface area contributed by atoms with Gasteiger partial charge in [0.25, 0.3) is 0 Å². The molecule has 21 heavy (non-hydrogen) atoms. The van der Waals surface area contributed by atoms with Crippen LogP contribution in [0.1, 0.15) is 43.1 Å². The van der Waals surface area contributed by atoms with Gasteiger partial charge in [0.1, 0.15) is 5.69 Å². The largest absolute Gasteiger partial charge is 0.464 e. The molecule has 1 aliphatic rings. The molecule has 5 nitrogen and oxygen atoms in total. The molecule has 1 aromatic rings. The van der Waals surface area contributed by atoms with E-state index in [0.29, 0.717) is 17.7 Å². The number of rotatable bonds is 5. The first-order valence-electron chi connectivity index (χ1n) is 7.72. The molecule has 2 rings (SSSR count). The Morgan fingerprint density at radius 3 is 2.90 bits per heavy atom. The third-order valence-electron chi connectivity index (χ3n) is 4.38. The number of methoxy groups -OCH3 is 1. The van der Waals surface area contributed by atoms with Crippen LogP contribution in [0.2, 0.25) is 0 Å². The summed E-state index contributed by atoms with van der Waals surface area (Å²) in [6, 6.07) is 4.22. The van der Waals surface area contributed by atoms with E-state index in [9.17, 15) is 4.79 Å². The first-order valence-corrected chi connectivity index (χ1v) is 7.72. The Morgan fingerprint density at radius 2 is 2.24 bits per heavy atom. The van der Waals surface area contributed by atoms with Gasteiger partial charge in [0.15, 0.2) is 0 Å². The van der Waals surface area contributed by atoms with Crippen LogP contribution in [0.15, 0.2) is 18.3 Å². The molecule has 0 bridgehead atoms. The summed E-state index contributed by atoms with van der Waals surface area (Å²) in [5.41, 5.74) is 7.33. The van der Waals surface area contributed by atoms with E-state index in [1.54, 1.807) is 6.20 Å². The van der Waals surface area contributed by atoms with Crippen molar-refractivity contribution < 1.29 is 9.53 Å². The standard InChI is InChI=1S/C16H25N3O2/c1-3-19(15-7-5-4-6-12(15)11-17)13-8-9-18-14(10-13)16(20)21-2/h8-10,12,15H,3-7,11,17H2,1-2H3. The molecular weight excluding hydrogens is 266 g/mol. The molecule has 2 unspecified atom stereocenters. The van der Waals surface area contributed by atoms with Crippen LogP contribution in [0.5, 0.6) is 0 Å². The molecule has 1 fully saturated rings. The normalized spacial score (nSPS) is 21.9. The Kier molecular flexibility index (Phi) is 5.56. The minimum atomic E-state index is -0.396. The van der Waals surface area contributed by atoms with E-state index < -0.39 is 5.97 Å². The third kappa shape index (κ3) is 3.53. The van der Waals surface area contributed by atoms with Crippen molar-refractivity contribution in [2.24, 2.45) is 11.7 Å². The number of carbonyl (C=O) groups excluding carboxylic acids is 1. The zero-order valence-corrected chi connectivity index (χ0v) is 12.9. The van der Waals surface area contributed by atoms with Gasteiger partial charge in [0, 0.05) is 24.5 Å². The van der Waals surface area contributed by atoms with Gasteiger partial charge in [-0.25, -0.2) is 9.78 Å². The number of hydrogen-bond donors (Lipinski definition) is 1. The average Bonchev–Trinajstić information content (AvgIpc) is 2.55. The van der Waals surface area contributed by atoms with E-state index in [4.69, 9.17) is 10.5 Å². The number of pyridine rings is 1. The predicted molar refractivity (Wildman–Crippen MR) is 83.4 cm³/mol. The first-order chi connectivity index (χ1) is 10.2. The minimum Gasteiger partial charge on any atom is -0.464 e. The van der Waals surface area contributed by atoms with Crippen LogP contribution in [0.25, 0.3) is 0 Å². The van der Waals surface area contributed by atoms with Gasteiger partial charge in [0.2, 0.25) is 0 Å². The van der Waals surface area contributed by atoms with Gasteiger partial charge in [-0.3, -0.25) is 0 Å². The van der Waals surface area contributed by atoms with Crippen molar-refractivity contribution in [1.82, 2.24) is 4.98 Å². The van der Waals surface area contributed by atoms with E-state index in [0.717, 1.165) is 25.2 Å². The lowest BCUT2D eigenvalue weighted by Crippen LogP contribution is -2.45. The summed E-state index contributed by atoms with van der Waals surface area (Å²) >= 11 is 0. The quantitative estimate of drug-likeness (QED) is 0.842. The second-order valence-electron chi connectivity index (χ2n) is 5.52. The molecule has 0 radical (unpaired) electrons. The van der Waals surface area contributed by atoms with Crippen molar-refractivity contribution in [3.05, 3.63) is 24.0 Å². The van der Waals surface area contributed by atoms with Gasteiger partial charge in [-0.1, -0.05) is 12.8 Å². The smallest absolute Gasteiger partial charge is 0.356 e. The Bertz CT molecular complexity index is 478. The van der Waals surface area contributed by atoms with Gasteiger partial charge in [0.05, 0.1) is 7.11 Å². The van der Waals surface area contributed by atoms with Crippen molar-refractivity contribution in [2.45, 2.75) is 38.6 Å². The highest BCUT2D eigenvalue weighted by molar-refractivity contribution is 5.88. The minimum absolute atomic E-state index is 0.355. The van der Waals surface area contributed by atoms with Gasteiger partial charge >= 0.3 is 5.97 Å². The average molecular weight is 291 g/mol. The topological polar surface area (TPSA) is 68.5 Å². The Balaban J connectivity index is 2.25. The molecular formula is C16H25N3O2. The number of nitrogens with zero attached hydrogens (tertiary/aromatic N) is 2. The summed E-state index contributed by atoms with van der Waals surface area (Å²) in [6.07, 6.45) is 6.52. The second kappa shape index (κ2) is 7.41. The van der Waals surface area contributed by atoms with E-state index >= 15 is 0 Å². The highest BCUT2D eigenvalue weighted by atomic mass is 16.5. The van der Waals surface area contributed by atoms with Crippen LogP contribution in [-0.4, -0.2) is 37.2 Å². The Hall–Kier alpha value is -1.62. The molecule has 2 atom stereocenters. The van der Waals surface area contributed by atoms with Crippen LogP contribution in [0.4, 0.5) is 5.69 Å². The monoisotopic (exact) mass is 291 g/mol. The lowest BCUT2D eigenvalue weighted by molar-refractivity contribution is 0.0594. The third-order valence-corrected chi connectivity index (χ3v) is 4.38. The molecule has 5 heteroatoms. The fraction of sp³-hybridized carbons (Fsp3) is 0.625. The molecule has 1 heterocycles. The van der Waals surface area contributed by atoms with Crippen molar-refractivity contribution in [3.8, 4) is 0 Å². The summed E-state index contributed by atoms with van der Waals surface area (Å²) in [5, 5.41) is 0. The molecule has 1 aliphatic carbocycles. The highest BCUT2D eigenvalue weighted by Crippen LogP contribution is 2.31. The molecule has 0 amide bonds. The van der Waals surface area contributed by atoms with E-state index in [2.05, 4.69) is 16.8 Å². The van der Waals surface area contributed by atoms with Crippen LogP contribution in [0.3, 0.4) is 0 Å². The molecule has 1 aromatic heterocycles. The van der Waals surface area contributed by atoms with Gasteiger partial charge in [-0.2, -0.15) is 0 Å².